The maximum atomic E-state index is 13.1. The first kappa shape index (κ1) is 26.3. The molecule has 1 amide bonds. The van der Waals surface area contributed by atoms with Gasteiger partial charge in [0.2, 0.25) is 5.91 Å². The van der Waals surface area contributed by atoms with E-state index in [9.17, 15) is 4.79 Å². The fourth-order valence-corrected chi connectivity index (χ4v) is 5.38. The summed E-state index contributed by atoms with van der Waals surface area (Å²) >= 11 is 11.0. The fraction of sp³-hybridized carbons (Fsp3) is 0.364. The average molecular weight is 517 g/mol. The molecule has 9 heteroatoms. The van der Waals surface area contributed by atoms with Crippen LogP contribution >= 0.6 is 58.9 Å². The second-order valence-electron chi connectivity index (χ2n) is 7.08. The maximum absolute atomic E-state index is 13.1. The van der Waals surface area contributed by atoms with Crippen LogP contribution in [0.1, 0.15) is 12.8 Å². The number of carbonyl (C=O) groups is 1. The van der Waals surface area contributed by atoms with Crippen LogP contribution in [0.25, 0.3) is 10.2 Å². The molecule has 0 unspecified atom stereocenters. The number of benzene rings is 2. The molecule has 0 N–H and O–H groups in total. The SMILES string of the molecule is CSc1ccc2nc(N(CCN(C)C)C(=O)CCCSc3ccc(Cl)cc3)sc2c1.Cl. The first-order valence-electron chi connectivity index (χ1n) is 9.74. The zero-order valence-corrected chi connectivity index (χ0v) is 21.9. The molecule has 0 aliphatic heterocycles. The number of anilines is 1. The standard InChI is InChI=1S/C22H26ClN3OS3.ClH/c1-25(2)12-13-26(22-24-19-11-10-18(28-3)15-20(19)30-22)21(27)5-4-14-29-17-8-6-16(23)7-9-17;/h6-11,15H,4-5,12-14H2,1-3H3;1H. The van der Waals surface area contributed by atoms with E-state index in [1.54, 1.807) is 34.9 Å². The number of fused-ring (bicyclic) bond motifs is 1. The van der Waals surface area contributed by atoms with Crippen molar-refractivity contribution >= 4 is 80.1 Å². The topological polar surface area (TPSA) is 36.4 Å². The first-order valence-corrected chi connectivity index (χ1v) is 13.1. The molecule has 0 radical (unpaired) electrons. The summed E-state index contributed by atoms with van der Waals surface area (Å²) in [7, 11) is 4.04. The molecule has 3 rings (SSSR count). The van der Waals surface area contributed by atoms with Crippen molar-refractivity contribution < 1.29 is 4.79 Å². The molecule has 0 bridgehead atoms. The number of rotatable bonds is 10. The Balaban J connectivity index is 0.00000341. The third-order valence-corrected chi connectivity index (χ3v) is 7.62. The number of nitrogens with zero attached hydrogens (tertiary/aromatic N) is 3. The van der Waals surface area contributed by atoms with Gasteiger partial charge in [-0.25, -0.2) is 4.98 Å². The van der Waals surface area contributed by atoms with E-state index in [1.807, 2.05) is 49.3 Å². The highest BCUT2D eigenvalue weighted by molar-refractivity contribution is 7.99. The molecule has 3 aromatic rings. The van der Waals surface area contributed by atoms with Crippen molar-refractivity contribution in [2.45, 2.75) is 22.6 Å². The Bertz CT molecular complexity index is 980. The Labute approximate surface area is 208 Å². The summed E-state index contributed by atoms with van der Waals surface area (Å²) in [5.74, 6) is 1.03. The van der Waals surface area contributed by atoms with Gasteiger partial charge < -0.3 is 4.90 Å². The first-order chi connectivity index (χ1) is 14.5. The number of carbonyl (C=O) groups excluding carboxylic acids is 1. The number of hydrogen-bond donors (Lipinski definition) is 0. The van der Waals surface area contributed by atoms with E-state index in [2.05, 4.69) is 23.3 Å². The van der Waals surface area contributed by atoms with E-state index in [-0.39, 0.29) is 18.3 Å². The number of aromatic nitrogens is 1. The van der Waals surface area contributed by atoms with E-state index in [4.69, 9.17) is 16.6 Å². The summed E-state index contributed by atoms with van der Waals surface area (Å²) in [4.78, 5) is 24.1. The van der Waals surface area contributed by atoms with Gasteiger partial charge in [-0.3, -0.25) is 9.69 Å². The van der Waals surface area contributed by atoms with Gasteiger partial charge in [0.05, 0.1) is 10.2 Å². The molecule has 31 heavy (non-hydrogen) atoms. The van der Waals surface area contributed by atoms with Crippen LogP contribution in [0.4, 0.5) is 5.13 Å². The molecule has 2 aromatic carbocycles. The van der Waals surface area contributed by atoms with Gasteiger partial charge in [-0.05, 0) is 75.0 Å². The van der Waals surface area contributed by atoms with Crippen molar-refractivity contribution in [1.29, 1.82) is 0 Å². The minimum Gasteiger partial charge on any atom is -0.308 e. The smallest absolute Gasteiger partial charge is 0.228 e. The lowest BCUT2D eigenvalue weighted by molar-refractivity contribution is -0.118. The van der Waals surface area contributed by atoms with Crippen LogP contribution in [-0.2, 0) is 4.79 Å². The second kappa shape index (κ2) is 12.9. The van der Waals surface area contributed by atoms with Crippen molar-refractivity contribution in [3.05, 3.63) is 47.5 Å². The van der Waals surface area contributed by atoms with E-state index < -0.39 is 0 Å². The number of thioether (sulfide) groups is 2. The van der Waals surface area contributed by atoms with Crippen LogP contribution < -0.4 is 4.90 Å². The third-order valence-electron chi connectivity index (χ3n) is 4.50. The van der Waals surface area contributed by atoms with Gasteiger partial charge in [-0.1, -0.05) is 22.9 Å². The van der Waals surface area contributed by atoms with Gasteiger partial charge in [-0.2, -0.15) is 0 Å². The summed E-state index contributed by atoms with van der Waals surface area (Å²) in [5, 5.41) is 1.53. The summed E-state index contributed by atoms with van der Waals surface area (Å²) in [5.41, 5.74) is 0.953. The molecule has 1 aromatic heterocycles. The lowest BCUT2D eigenvalue weighted by Gasteiger charge is -2.22. The van der Waals surface area contributed by atoms with Gasteiger partial charge >= 0.3 is 0 Å². The molecule has 0 aliphatic rings. The Hall–Kier alpha value is -0.960. The van der Waals surface area contributed by atoms with E-state index in [1.165, 1.54) is 9.79 Å². The molecule has 0 aliphatic carbocycles. The number of halogens is 2. The number of amides is 1. The van der Waals surface area contributed by atoms with E-state index in [0.29, 0.717) is 13.0 Å². The predicted octanol–water partition coefficient (Wildman–Crippen LogP) is 6.56. The van der Waals surface area contributed by atoms with Crippen molar-refractivity contribution in [3.63, 3.8) is 0 Å². The summed E-state index contributed by atoms with van der Waals surface area (Å²) in [6.07, 6.45) is 3.41. The van der Waals surface area contributed by atoms with Crippen LogP contribution in [0.3, 0.4) is 0 Å². The molecular weight excluding hydrogens is 489 g/mol. The minimum atomic E-state index is 0. The fourth-order valence-electron chi connectivity index (χ4n) is 2.84. The summed E-state index contributed by atoms with van der Waals surface area (Å²) in [6.45, 7) is 1.45. The third kappa shape index (κ3) is 7.84. The number of likely N-dealkylation sites (N-methyl/N-ethyl adjacent to an activating group) is 1. The Morgan fingerprint density at radius 1 is 1.10 bits per heavy atom. The van der Waals surface area contributed by atoms with E-state index >= 15 is 0 Å². The molecule has 1 heterocycles. The predicted molar refractivity (Wildman–Crippen MR) is 141 cm³/mol. The van der Waals surface area contributed by atoms with Crippen LogP contribution in [0.5, 0.6) is 0 Å². The molecule has 0 fully saturated rings. The average Bonchev–Trinajstić information content (AvgIpc) is 3.15. The number of thiazole rings is 1. The van der Waals surface area contributed by atoms with Gasteiger partial charge in [0.1, 0.15) is 0 Å². The Morgan fingerprint density at radius 2 is 1.81 bits per heavy atom. The van der Waals surface area contributed by atoms with Crippen LogP contribution in [0.2, 0.25) is 5.02 Å². The maximum Gasteiger partial charge on any atom is 0.228 e. The molecule has 0 atom stereocenters. The lowest BCUT2D eigenvalue weighted by Crippen LogP contribution is -2.36. The van der Waals surface area contributed by atoms with Gasteiger partial charge in [0.15, 0.2) is 5.13 Å². The van der Waals surface area contributed by atoms with Crippen LogP contribution in [0, 0.1) is 0 Å². The highest BCUT2D eigenvalue weighted by Crippen LogP contribution is 2.32. The van der Waals surface area contributed by atoms with Crippen LogP contribution in [-0.4, -0.2) is 55.0 Å². The quantitative estimate of drug-likeness (QED) is 0.225. The van der Waals surface area contributed by atoms with Gasteiger partial charge in [0, 0.05) is 34.3 Å². The highest BCUT2D eigenvalue weighted by atomic mass is 35.5. The molecular formula is C22H27Cl2N3OS3. The van der Waals surface area contributed by atoms with Gasteiger partial charge in [-0.15, -0.1) is 35.9 Å². The molecule has 0 saturated carbocycles. The minimum absolute atomic E-state index is 0. The largest absolute Gasteiger partial charge is 0.308 e. The normalized spacial score (nSPS) is 11.0. The Morgan fingerprint density at radius 3 is 2.48 bits per heavy atom. The van der Waals surface area contributed by atoms with E-state index in [0.717, 1.165) is 39.1 Å². The zero-order chi connectivity index (χ0) is 21.5. The van der Waals surface area contributed by atoms with Crippen molar-refractivity contribution in [2.24, 2.45) is 0 Å². The van der Waals surface area contributed by atoms with Crippen LogP contribution in [0.15, 0.2) is 52.3 Å². The molecule has 168 valence electrons. The van der Waals surface area contributed by atoms with Gasteiger partial charge in [0.25, 0.3) is 0 Å². The summed E-state index contributed by atoms with van der Waals surface area (Å²) in [6, 6.07) is 14.1. The van der Waals surface area contributed by atoms with Crippen molar-refractivity contribution in [3.8, 4) is 0 Å². The lowest BCUT2D eigenvalue weighted by atomic mass is 10.3. The Kier molecular flexibility index (Phi) is 11.0. The zero-order valence-electron chi connectivity index (χ0n) is 17.8. The molecule has 0 spiro atoms. The summed E-state index contributed by atoms with van der Waals surface area (Å²) < 4.78 is 1.12. The molecule has 0 saturated heterocycles. The van der Waals surface area contributed by atoms with Crippen molar-refractivity contribution in [2.75, 3.05) is 44.1 Å². The monoisotopic (exact) mass is 515 g/mol. The molecule has 4 nitrogen and oxygen atoms in total. The highest BCUT2D eigenvalue weighted by Gasteiger charge is 2.19. The number of hydrogen-bond acceptors (Lipinski definition) is 6. The second-order valence-corrected chi connectivity index (χ2v) is 10.6. The van der Waals surface area contributed by atoms with Crippen molar-refractivity contribution in [1.82, 2.24) is 9.88 Å².